The number of carbonyl (C=O) groups excluding carboxylic acids is 1. The highest BCUT2D eigenvalue weighted by molar-refractivity contribution is 5.98. The van der Waals surface area contributed by atoms with Crippen molar-refractivity contribution < 1.29 is 4.79 Å². The van der Waals surface area contributed by atoms with Gasteiger partial charge in [0.1, 0.15) is 0 Å². The SMILES string of the molecule is Cc1ccnc(N2CCC(N(C)C(=O)c3cn(C)c(=O)c4c3C=CC4)CC2)n1. The average molecular weight is 379 g/mol. The van der Waals surface area contributed by atoms with E-state index in [9.17, 15) is 9.59 Å². The van der Waals surface area contributed by atoms with Crippen LogP contribution in [0, 0.1) is 6.92 Å². The van der Waals surface area contributed by atoms with Crippen molar-refractivity contribution in [3.05, 3.63) is 57.3 Å². The molecule has 1 aliphatic carbocycles. The number of rotatable bonds is 3. The Morgan fingerprint density at radius 3 is 2.75 bits per heavy atom. The first-order valence-corrected chi connectivity index (χ1v) is 9.66. The minimum atomic E-state index is -0.0244. The number of piperidine rings is 1. The molecule has 1 saturated heterocycles. The third kappa shape index (κ3) is 3.21. The van der Waals surface area contributed by atoms with Crippen LogP contribution in [0.5, 0.6) is 0 Å². The maximum atomic E-state index is 13.2. The first kappa shape index (κ1) is 18.4. The standard InChI is InChI=1S/C21H25N5O2/c1-14-7-10-22-21(23-14)26-11-8-15(9-12-26)25(3)20(28)18-13-24(2)19(27)17-6-4-5-16(17)18/h4-5,7,10,13,15H,6,8-9,11-12H2,1-3H3. The summed E-state index contributed by atoms with van der Waals surface area (Å²) in [6.07, 6.45) is 9.63. The summed E-state index contributed by atoms with van der Waals surface area (Å²) in [5, 5.41) is 0. The molecule has 7 heteroatoms. The molecule has 0 unspecified atom stereocenters. The van der Waals surface area contributed by atoms with E-state index in [1.165, 1.54) is 4.57 Å². The Morgan fingerprint density at radius 2 is 2.04 bits per heavy atom. The van der Waals surface area contributed by atoms with Gasteiger partial charge in [-0.15, -0.1) is 0 Å². The van der Waals surface area contributed by atoms with Crippen molar-refractivity contribution in [2.75, 3.05) is 25.0 Å². The Bertz CT molecular complexity index is 1000. The molecular formula is C21H25N5O2. The highest BCUT2D eigenvalue weighted by Gasteiger charge is 2.29. The average Bonchev–Trinajstić information content (AvgIpc) is 3.20. The van der Waals surface area contributed by atoms with Crippen LogP contribution in [0.15, 0.2) is 29.3 Å². The van der Waals surface area contributed by atoms with Crippen molar-refractivity contribution in [3.63, 3.8) is 0 Å². The first-order chi connectivity index (χ1) is 13.5. The maximum absolute atomic E-state index is 13.2. The molecule has 0 aromatic carbocycles. The van der Waals surface area contributed by atoms with Gasteiger partial charge >= 0.3 is 0 Å². The molecule has 0 N–H and O–H groups in total. The van der Waals surface area contributed by atoms with E-state index < -0.39 is 0 Å². The monoisotopic (exact) mass is 379 g/mol. The van der Waals surface area contributed by atoms with Crippen LogP contribution < -0.4 is 10.5 Å². The lowest BCUT2D eigenvalue weighted by molar-refractivity contribution is 0.0707. The van der Waals surface area contributed by atoms with E-state index in [2.05, 4.69) is 14.9 Å². The molecule has 0 saturated carbocycles. The number of anilines is 1. The fourth-order valence-corrected chi connectivity index (χ4v) is 4.06. The second-order valence-electron chi connectivity index (χ2n) is 7.59. The number of aromatic nitrogens is 3. The van der Waals surface area contributed by atoms with Crippen molar-refractivity contribution in [2.24, 2.45) is 7.05 Å². The summed E-state index contributed by atoms with van der Waals surface area (Å²) >= 11 is 0. The summed E-state index contributed by atoms with van der Waals surface area (Å²) in [6, 6.07) is 2.05. The zero-order valence-electron chi connectivity index (χ0n) is 16.6. The molecule has 28 heavy (non-hydrogen) atoms. The Morgan fingerprint density at radius 1 is 1.29 bits per heavy atom. The number of nitrogens with zero attached hydrogens (tertiary/aromatic N) is 5. The summed E-state index contributed by atoms with van der Waals surface area (Å²) in [5.74, 6) is 0.733. The Balaban J connectivity index is 1.49. The van der Waals surface area contributed by atoms with Gasteiger partial charge in [-0.2, -0.15) is 0 Å². The molecule has 1 amide bonds. The van der Waals surface area contributed by atoms with Crippen molar-refractivity contribution in [3.8, 4) is 0 Å². The molecule has 146 valence electrons. The third-order valence-corrected chi connectivity index (χ3v) is 5.75. The lowest BCUT2D eigenvalue weighted by atomic mass is 10.0. The third-order valence-electron chi connectivity index (χ3n) is 5.75. The van der Waals surface area contributed by atoms with Gasteiger partial charge in [-0.1, -0.05) is 12.2 Å². The lowest BCUT2D eigenvalue weighted by Crippen LogP contribution is -2.46. The van der Waals surface area contributed by atoms with Gasteiger partial charge in [0.25, 0.3) is 11.5 Å². The van der Waals surface area contributed by atoms with Gasteiger partial charge in [0.05, 0.1) is 5.56 Å². The molecule has 3 heterocycles. The van der Waals surface area contributed by atoms with Crippen LogP contribution in [-0.2, 0) is 13.5 Å². The zero-order valence-corrected chi connectivity index (χ0v) is 16.6. The number of allylic oxidation sites excluding steroid dienone is 1. The summed E-state index contributed by atoms with van der Waals surface area (Å²) < 4.78 is 1.52. The number of hydrogen-bond donors (Lipinski definition) is 0. The molecule has 4 rings (SSSR count). The van der Waals surface area contributed by atoms with Crippen molar-refractivity contribution in [2.45, 2.75) is 32.2 Å². The molecule has 7 nitrogen and oxygen atoms in total. The van der Waals surface area contributed by atoms with Crippen molar-refractivity contribution in [1.29, 1.82) is 0 Å². The molecule has 2 aromatic heterocycles. The summed E-state index contributed by atoms with van der Waals surface area (Å²) in [7, 11) is 3.57. The van der Waals surface area contributed by atoms with Gasteiger partial charge in [0, 0.05) is 56.9 Å². The number of fused-ring (bicyclic) bond motifs is 1. The number of amides is 1. The smallest absolute Gasteiger partial charge is 0.255 e. The quantitative estimate of drug-likeness (QED) is 0.813. The zero-order chi connectivity index (χ0) is 19.8. The second-order valence-corrected chi connectivity index (χ2v) is 7.59. The minimum absolute atomic E-state index is 0.0225. The Hall–Kier alpha value is -2.96. The molecule has 0 radical (unpaired) electrons. The number of hydrogen-bond acceptors (Lipinski definition) is 5. The van der Waals surface area contributed by atoms with E-state index in [-0.39, 0.29) is 17.5 Å². The predicted octanol–water partition coefficient (Wildman–Crippen LogP) is 1.79. The molecule has 1 aliphatic heterocycles. The fraction of sp³-hybridized carbons (Fsp3) is 0.429. The van der Waals surface area contributed by atoms with Crippen LogP contribution in [0.3, 0.4) is 0 Å². The summed E-state index contributed by atoms with van der Waals surface area (Å²) in [4.78, 5) is 38.4. The van der Waals surface area contributed by atoms with Gasteiger partial charge in [0.2, 0.25) is 5.95 Å². The molecule has 1 fully saturated rings. The predicted molar refractivity (Wildman–Crippen MR) is 109 cm³/mol. The largest absolute Gasteiger partial charge is 0.341 e. The van der Waals surface area contributed by atoms with Crippen LogP contribution in [-0.4, -0.2) is 51.5 Å². The van der Waals surface area contributed by atoms with Crippen molar-refractivity contribution in [1.82, 2.24) is 19.4 Å². The minimum Gasteiger partial charge on any atom is -0.341 e. The van der Waals surface area contributed by atoms with Gasteiger partial charge in [-0.25, -0.2) is 9.97 Å². The molecular weight excluding hydrogens is 354 g/mol. The van der Waals surface area contributed by atoms with E-state index in [4.69, 9.17) is 0 Å². The van der Waals surface area contributed by atoms with E-state index in [1.54, 1.807) is 19.4 Å². The second kappa shape index (κ2) is 7.22. The van der Waals surface area contributed by atoms with Gasteiger partial charge in [0.15, 0.2) is 0 Å². The number of pyridine rings is 1. The van der Waals surface area contributed by atoms with Gasteiger partial charge in [-0.3, -0.25) is 9.59 Å². The topological polar surface area (TPSA) is 71.3 Å². The van der Waals surface area contributed by atoms with Crippen LogP contribution in [0.2, 0.25) is 0 Å². The van der Waals surface area contributed by atoms with Crippen LogP contribution in [0.4, 0.5) is 5.95 Å². The highest BCUT2D eigenvalue weighted by atomic mass is 16.2. The van der Waals surface area contributed by atoms with E-state index >= 15 is 0 Å². The Kier molecular flexibility index (Phi) is 4.75. The Labute approximate surface area is 164 Å². The molecule has 0 atom stereocenters. The number of aryl methyl sites for hydroxylation is 2. The number of carbonyl (C=O) groups is 1. The molecule has 0 spiro atoms. The van der Waals surface area contributed by atoms with Gasteiger partial charge in [-0.05, 0) is 37.8 Å². The normalized spacial score (nSPS) is 16.3. The van der Waals surface area contributed by atoms with Crippen LogP contribution in [0.25, 0.3) is 6.08 Å². The van der Waals surface area contributed by atoms with E-state index in [1.807, 2.05) is 37.1 Å². The van der Waals surface area contributed by atoms with E-state index in [0.29, 0.717) is 17.5 Å². The lowest BCUT2D eigenvalue weighted by Gasteiger charge is -2.37. The highest BCUT2D eigenvalue weighted by Crippen LogP contribution is 2.24. The molecule has 2 aromatic rings. The van der Waals surface area contributed by atoms with Crippen LogP contribution >= 0.6 is 0 Å². The summed E-state index contributed by atoms with van der Waals surface area (Å²) in [5.41, 5.74) is 3.04. The van der Waals surface area contributed by atoms with Gasteiger partial charge < -0.3 is 14.4 Å². The first-order valence-electron chi connectivity index (χ1n) is 9.66. The fourth-order valence-electron chi connectivity index (χ4n) is 4.06. The molecule has 0 bridgehead atoms. The van der Waals surface area contributed by atoms with Crippen LogP contribution in [0.1, 0.15) is 40.0 Å². The van der Waals surface area contributed by atoms with Crippen molar-refractivity contribution >= 4 is 17.9 Å². The summed E-state index contributed by atoms with van der Waals surface area (Å²) in [6.45, 7) is 3.60. The molecule has 2 aliphatic rings. The van der Waals surface area contributed by atoms with E-state index in [0.717, 1.165) is 43.1 Å². The maximum Gasteiger partial charge on any atom is 0.255 e.